The Bertz CT molecular complexity index is 521. The summed E-state index contributed by atoms with van der Waals surface area (Å²) in [7, 11) is 1.95. The van der Waals surface area contributed by atoms with Crippen molar-refractivity contribution in [1.29, 1.82) is 5.41 Å². The van der Waals surface area contributed by atoms with Crippen LogP contribution in [0.1, 0.15) is 11.3 Å². The van der Waals surface area contributed by atoms with E-state index in [-0.39, 0.29) is 5.84 Å². The predicted molar refractivity (Wildman–Crippen MR) is 71.6 cm³/mol. The summed E-state index contributed by atoms with van der Waals surface area (Å²) in [6.07, 6.45) is 3.14. The van der Waals surface area contributed by atoms with Gasteiger partial charge >= 0.3 is 0 Å². The zero-order valence-corrected chi connectivity index (χ0v) is 10.2. The third-order valence-electron chi connectivity index (χ3n) is 2.57. The molecule has 0 fully saturated rings. The molecular weight excluding hydrogens is 226 g/mol. The second kappa shape index (κ2) is 5.27. The topological polar surface area (TPSA) is 78.9 Å². The number of rotatable bonds is 4. The molecule has 2 rings (SSSR count). The Morgan fingerprint density at radius 3 is 2.50 bits per heavy atom. The molecule has 0 aliphatic carbocycles. The molecule has 1 aromatic heterocycles. The number of aromatic nitrogens is 2. The molecule has 0 amide bonds. The molecule has 0 aliphatic rings. The number of nitrogen functional groups attached to an aromatic ring is 1. The first-order chi connectivity index (χ1) is 8.66. The lowest BCUT2D eigenvalue weighted by atomic mass is 10.2. The third-order valence-corrected chi connectivity index (χ3v) is 2.57. The Balaban J connectivity index is 2.09. The van der Waals surface area contributed by atoms with Crippen LogP contribution in [0.5, 0.6) is 0 Å². The van der Waals surface area contributed by atoms with E-state index < -0.39 is 0 Å². The maximum absolute atomic E-state index is 7.25. The van der Waals surface area contributed by atoms with E-state index >= 15 is 0 Å². The highest BCUT2D eigenvalue weighted by atomic mass is 15.2. The molecule has 0 spiro atoms. The first-order valence-electron chi connectivity index (χ1n) is 5.58. The largest absolute Gasteiger partial charge is 0.382 e. The van der Waals surface area contributed by atoms with Crippen LogP contribution >= 0.6 is 0 Å². The predicted octanol–water partition coefficient (Wildman–Crippen LogP) is 1.40. The van der Waals surface area contributed by atoms with Crippen molar-refractivity contribution in [2.24, 2.45) is 5.73 Å². The van der Waals surface area contributed by atoms with Gasteiger partial charge in [-0.15, -0.1) is 0 Å². The number of nitrogens with two attached hydrogens (primary N) is 1. The smallest absolute Gasteiger partial charge is 0.147 e. The number of benzene rings is 1. The van der Waals surface area contributed by atoms with Gasteiger partial charge in [-0.25, -0.2) is 9.97 Å². The van der Waals surface area contributed by atoms with Gasteiger partial charge in [0.15, 0.2) is 0 Å². The molecule has 18 heavy (non-hydrogen) atoms. The molecule has 0 saturated heterocycles. The van der Waals surface area contributed by atoms with Crippen LogP contribution in [0.4, 0.5) is 5.82 Å². The van der Waals surface area contributed by atoms with Crippen molar-refractivity contribution in [3.05, 3.63) is 54.0 Å². The Morgan fingerprint density at radius 1 is 1.22 bits per heavy atom. The van der Waals surface area contributed by atoms with Gasteiger partial charge in [-0.3, -0.25) is 5.41 Å². The fourth-order valence-electron chi connectivity index (χ4n) is 1.60. The number of nitrogens with zero attached hydrogens (tertiary/aromatic N) is 3. The molecule has 2 aromatic rings. The molecule has 0 saturated carbocycles. The third kappa shape index (κ3) is 2.82. The molecule has 92 valence electrons. The summed E-state index contributed by atoms with van der Waals surface area (Å²) in [5.41, 5.74) is 6.93. The molecule has 0 bridgehead atoms. The van der Waals surface area contributed by atoms with Gasteiger partial charge in [0.2, 0.25) is 0 Å². The van der Waals surface area contributed by atoms with Crippen molar-refractivity contribution in [2.75, 3.05) is 11.9 Å². The molecule has 1 heterocycles. The van der Waals surface area contributed by atoms with Crippen LogP contribution < -0.4 is 10.6 Å². The van der Waals surface area contributed by atoms with E-state index in [4.69, 9.17) is 11.1 Å². The summed E-state index contributed by atoms with van der Waals surface area (Å²) in [6, 6.07) is 10.1. The van der Waals surface area contributed by atoms with Crippen LogP contribution in [0, 0.1) is 5.41 Å². The van der Waals surface area contributed by atoms with Crippen LogP contribution in [-0.4, -0.2) is 22.9 Å². The first-order valence-corrected chi connectivity index (χ1v) is 5.58. The molecule has 3 N–H and O–H groups in total. The summed E-state index contributed by atoms with van der Waals surface area (Å²) in [6.45, 7) is 0.759. The van der Waals surface area contributed by atoms with Crippen molar-refractivity contribution in [3.8, 4) is 0 Å². The average Bonchev–Trinajstić information content (AvgIpc) is 2.40. The zero-order valence-electron chi connectivity index (χ0n) is 10.2. The molecule has 1 aromatic carbocycles. The normalized spacial score (nSPS) is 10.1. The molecule has 0 atom stereocenters. The van der Waals surface area contributed by atoms with E-state index in [0.717, 1.165) is 12.4 Å². The Morgan fingerprint density at radius 2 is 1.94 bits per heavy atom. The molecule has 5 heteroatoms. The van der Waals surface area contributed by atoms with Crippen molar-refractivity contribution in [1.82, 2.24) is 9.97 Å². The Hall–Kier alpha value is -2.43. The lowest BCUT2D eigenvalue weighted by Gasteiger charge is -2.17. The molecule has 0 unspecified atom stereocenters. The van der Waals surface area contributed by atoms with Crippen LogP contribution in [-0.2, 0) is 6.54 Å². The van der Waals surface area contributed by atoms with Gasteiger partial charge in [-0.05, 0) is 5.56 Å². The average molecular weight is 241 g/mol. The minimum absolute atomic E-state index is 0.0697. The highest BCUT2D eigenvalue weighted by Crippen LogP contribution is 2.11. The minimum atomic E-state index is -0.0697. The van der Waals surface area contributed by atoms with E-state index in [9.17, 15) is 0 Å². The van der Waals surface area contributed by atoms with Gasteiger partial charge in [0, 0.05) is 13.6 Å². The second-order valence-corrected chi connectivity index (χ2v) is 4.02. The highest BCUT2D eigenvalue weighted by molar-refractivity contribution is 5.92. The minimum Gasteiger partial charge on any atom is -0.382 e. The Labute approximate surface area is 106 Å². The fourth-order valence-corrected chi connectivity index (χ4v) is 1.60. The van der Waals surface area contributed by atoms with Crippen LogP contribution in [0.3, 0.4) is 0 Å². The quantitative estimate of drug-likeness (QED) is 0.626. The van der Waals surface area contributed by atoms with Crippen LogP contribution in [0.15, 0.2) is 42.7 Å². The molecule has 0 aliphatic heterocycles. The number of hydrogen-bond donors (Lipinski definition) is 2. The van der Waals surface area contributed by atoms with E-state index in [0.29, 0.717) is 5.69 Å². The molecule has 5 nitrogen and oxygen atoms in total. The van der Waals surface area contributed by atoms with Gasteiger partial charge in [0.1, 0.15) is 17.3 Å². The lowest BCUT2D eigenvalue weighted by Crippen LogP contribution is -2.19. The highest BCUT2D eigenvalue weighted by Gasteiger charge is 2.05. The van der Waals surface area contributed by atoms with E-state index in [2.05, 4.69) is 22.1 Å². The summed E-state index contributed by atoms with van der Waals surface area (Å²) < 4.78 is 0. The monoisotopic (exact) mass is 241 g/mol. The van der Waals surface area contributed by atoms with Crippen molar-refractivity contribution < 1.29 is 0 Å². The maximum atomic E-state index is 7.25. The standard InChI is InChI=1S/C13H15N5/c1-18(9-10-5-3-2-4-6-10)12-8-16-11(7-17-12)13(14)15/h2-8H,9H2,1H3,(H3,14,15). The summed E-state index contributed by atoms with van der Waals surface area (Å²) in [4.78, 5) is 10.3. The van der Waals surface area contributed by atoms with Crippen molar-refractivity contribution in [3.63, 3.8) is 0 Å². The van der Waals surface area contributed by atoms with E-state index in [1.165, 1.54) is 11.8 Å². The van der Waals surface area contributed by atoms with E-state index in [1.807, 2.05) is 30.1 Å². The van der Waals surface area contributed by atoms with E-state index in [1.54, 1.807) is 6.20 Å². The molecule has 0 radical (unpaired) electrons. The fraction of sp³-hybridized carbons (Fsp3) is 0.154. The first kappa shape index (κ1) is 12.0. The van der Waals surface area contributed by atoms with Gasteiger partial charge in [0.25, 0.3) is 0 Å². The maximum Gasteiger partial charge on any atom is 0.147 e. The lowest BCUT2D eigenvalue weighted by molar-refractivity contribution is 0.888. The van der Waals surface area contributed by atoms with Crippen molar-refractivity contribution >= 4 is 11.7 Å². The van der Waals surface area contributed by atoms with Gasteiger partial charge in [-0.2, -0.15) is 0 Å². The molecular formula is C13H15N5. The number of amidine groups is 1. The summed E-state index contributed by atoms with van der Waals surface area (Å²) in [5.74, 6) is 0.684. The SMILES string of the molecule is CN(Cc1ccccc1)c1cnc(C(=N)N)cn1. The van der Waals surface area contributed by atoms with Gasteiger partial charge in [0.05, 0.1) is 12.4 Å². The van der Waals surface area contributed by atoms with Gasteiger partial charge < -0.3 is 10.6 Å². The number of nitrogens with one attached hydrogen (secondary N) is 1. The number of anilines is 1. The zero-order chi connectivity index (χ0) is 13.0. The second-order valence-electron chi connectivity index (χ2n) is 4.02. The van der Waals surface area contributed by atoms with Gasteiger partial charge in [-0.1, -0.05) is 30.3 Å². The van der Waals surface area contributed by atoms with Crippen LogP contribution in [0.2, 0.25) is 0 Å². The Kier molecular flexibility index (Phi) is 3.52. The summed E-state index contributed by atoms with van der Waals surface area (Å²) >= 11 is 0. The number of hydrogen-bond acceptors (Lipinski definition) is 4. The summed E-state index contributed by atoms with van der Waals surface area (Å²) in [5, 5.41) is 7.25. The van der Waals surface area contributed by atoms with Crippen molar-refractivity contribution in [2.45, 2.75) is 6.54 Å². The van der Waals surface area contributed by atoms with Crippen LogP contribution in [0.25, 0.3) is 0 Å².